The maximum absolute atomic E-state index is 12.3. The van der Waals surface area contributed by atoms with Gasteiger partial charge in [-0.25, -0.2) is 13.1 Å². The van der Waals surface area contributed by atoms with Gasteiger partial charge in [0.25, 0.3) is 10.0 Å². The van der Waals surface area contributed by atoms with Crippen LogP contribution in [0.5, 0.6) is 0 Å². The number of hydrogen-bond donors (Lipinski definition) is 3. The van der Waals surface area contributed by atoms with Gasteiger partial charge in [-0.05, 0) is 31.3 Å². The van der Waals surface area contributed by atoms with Crippen LogP contribution in [0.2, 0.25) is 0 Å². The zero-order chi connectivity index (χ0) is 15.3. The highest BCUT2D eigenvalue weighted by molar-refractivity contribution is 7.89. The van der Waals surface area contributed by atoms with Gasteiger partial charge < -0.3 is 5.32 Å². The van der Waals surface area contributed by atoms with Gasteiger partial charge in [0.15, 0.2) is 5.03 Å². The minimum absolute atomic E-state index is 0.0899. The maximum atomic E-state index is 12.3. The lowest BCUT2D eigenvalue weighted by atomic mass is 10.2. The molecule has 3 N–H and O–H groups in total. The summed E-state index contributed by atoms with van der Waals surface area (Å²) in [6.07, 6.45) is 0.683. The molecule has 116 valence electrons. The van der Waals surface area contributed by atoms with Crippen molar-refractivity contribution < 1.29 is 8.42 Å². The average Bonchev–Trinajstić information content (AvgIpc) is 3.06. The Morgan fingerprint density at radius 3 is 2.90 bits per heavy atom. The van der Waals surface area contributed by atoms with Crippen LogP contribution in [0.3, 0.4) is 0 Å². The fraction of sp³-hybridized carbons (Fsp3) is 0.462. The topological polar surface area (TPSA) is 86.9 Å². The van der Waals surface area contributed by atoms with Gasteiger partial charge in [0.2, 0.25) is 0 Å². The first-order chi connectivity index (χ1) is 10.0. The largest absolute Gasteiger partial charge is 0.313 e. The fourth-order valence-electron chi connectivity index (χ4n) is 1.94. The molecule has 6 nitrogen and oxygen atoms in total. The molecule has 8 heteroatoms. The second-order valence-corrected chi connectivity index (χ2v) is 7.35. The zero-order valence-electron chi connectivity index (χ0n) is 12.1. The first-order valence-electron chi connectivity index (χ1n) is 6.81. The predicted molar refractivity (Wildman–Crippen MR) is 83.9 cm³/mol. The number of aryl methyl sites for hydroxylation is 1. The predicted octanol–water partition coefficient (Wildman–Crippen LogP) is 1.41. The molecule has 2 rings (SSSR count). The Hall–Kier alpha value is -1.22. The van der Waals surface area contributed by atoms with Gasteiger partial charge >= 0.3 is 0 Å². The summed E-state index contributed by atoms with van der Waals surface area (Å²) < 4.78 is 27.3. The minimum atomic E-state index is -3.58. The lowest BCUT2D eigenvalue weighted by molar-refractivity contribution is 0.574. The molecule has 0 saturated heterocycles. The van der Waals surface area contributed by atoms with Crippen LogP contribution in [0.1, 0.15) is 23.1 Å². The van der Waals surface area contributed by atoms with E-state index in [1.54, 1.807) is 11.3 Å². The number of hydrogen-bond acceptors (Lipinski definition) is 5. The lowest BCUT2D eigenvalue weighted by Gasteiger charge is -2.07. The highest BCUT2D eigenvalue weighted by Gasteiger charge is 2.23. The SMILES string of the molecule is CCNCc1c(S(=O)(=O)NCCc2cccs2)n[nH]c1C. The van der Waals surface area contributed by atoms with Crippen molar-refractivity contribution in [2.45, 2.75) is 31.8 Å². The molecule has 21 heavy (non-hydrogen) atoms. The average molecular weight is 328 g/mol. The fourth-order valence-corrected chi connectivity index (χ4v) is 3.87. The molecule has 0 fully saturated rings. The van der Waals surface area contributed by atoms with Gasteiger partial charge in [0.05, 0.1) is 0 Å². The molecule has 2 aromatic heterocycles. The van der Waals surface area contributed by atoms with Crippen molar-refractivity contribution in [2.24, 2.45) is 0 Å². The number of thiophene rings is 1. The molecule has 0 aromatic carbocycles. The Labute approximate surface area is 129 Å². The summed E-state index contributed by atoms with van der Waals surface area (Å²) in [5, 5.41) is 11.9. The second kappa shape index (κ2) is 7.17. The van der Waals surface area contributed by atoms with Crippen LogP contribution >= 0.6 is 11.3 Å². The van der Waals surface area contributed by atoms with Crippen LogP contribution in [0.4, 0.5) is 0 Å². The number of nitrogens with one attached hydrogen (secondary N) is 3. The molecule has 0 aliphatic carbocycles. The first-order valence-corrected chi connectivity index (χ1v) is 9.17. The molecule has 2 aromatic rings. The number of nitrogens with zero attached hydrogens (tertiary/aromatic N) is 1. The third kappa shape index (κ3) is 4.13. The molecule has 0 atom stereocenters. The summed E-state index contributed by atoms with van der Waals surface area (Å²) in [6.45, 7) is 5.43. The Bertz CT molecular complexity index is 662. The Kier molecular flexibility index (Phi) is 5.51. The van der Waals surface area contributed by atoms with Crippen molar-refractivity contribution in [2.75, 3.05) is 13.1 Å². The van der Waals surface area contributed by atoms with Gasteiger partial charge in [0, 0.05) is 29.2 Å². The smallest absolute Gasteiger partial charge is 0.260 e. The van der Waals surface area contributed by atoms with Crippen LogP contribution in [-0.4, -0.2) is 31.7 Å². The maximum Gasteiger partial charge on any atom is 0.260 e. The highest BCUT2D eigenvalue weighted by Crippen LogP contribution is 2.16. The molecule has 0 amide bonds. The normalized spacial score (nSPS) is 11.9. The van der Waals surface area contributed by atoms with Gasteiger partial charge in [0.1, 0.15) is 0 Å². The van der Waals surface area contributed by atoms with Crippen molar-refractivity contribution in [3.63, 3.8) is 0 Å². The molecular weight excluding hydrogens is 308 g/mol. The van der Waals surface area contributed by atoms with Crippen LogP contribution in [0, 0.1) is 6.92 Å². The number of sulfonamides is 1. The van der Waals surface area contributed by atoms with Crippen LogP contribution < -0.4 is 10.0 Å². The summed E-state index contributed by atoms with van der Waals surface area (Å²) in [7, 11) is -3.58. The van der Waals surface area contributed by atoms with E-state index >= 15 is 0 Å². The van der Waals surface area contributed by atoms with Gasteiger partial charge in [-0.2, -0.15) is 5.10 Å². The van der Waals surface area contributed by atoms with Gasteiger partial charge in [-0.3, -0.25) is 5.10 Å². The number of H-pyrrole nitrogens is 1. The second-order valence-electron chi connectivity index (χ2n) is 4.64. The number of aromatic nitrogens is 2. The molecule has 0 radical (unpaired) electrons. The van der Waals surface area contributed by atoms with E-state index in [1.807, 2.05) is 31.4 Å². The van der Waals surface area contributed by atoms with Gasteiger partial charge in [-0.15, -0.1) is 11.3 Å². The van der Waals surface area contributed by atoms with Crippen molar-refractivity contribution in [3.05, 3.63) is 33.6 Å². The molecule has 0 bridgehead atoms. The third-order valence-electron chi connectivity index (χ3n) is 3.09. The van der Waals surface area contributed by atoms with Crippen LogP contribution in [0.15, 0.2) is 22.5 Å². The highest BCUT2D eigenvalue weighted by atomic mass is 32.2. The van der Waals surface area contributed by atoms with Crippen molar-refractivity contribution in [1.29, 1.82) is 0 Å². The van der Waals surface area contributed by atoms with Crippen LogP contribution in [-0.2, 0) is 23.0 Å². The number of aromatic amines is 1. The molecule has 0 saturated carbocycles. The standard InChI is InChI=1S/C13H20N4O2S2/c1-3-14-9-12-10(2)16-17-13(12)21(18,19)15-7-6-11-5-4-8-20-11/h4-5,8,14-15H,3,6-7,9H2,1-2H3,(H,16,17). The zero-order valence-corrected chi connectivity index (χ0v) is 13.8. The Balaban J connectivity index is 2.05. The molecule has 0 aliphatic heterocycles. The molecule has 2 heterocycles. The minimum Gasteiger partial charge on any atom is -0.313 e. The van der Waals surface area contributed by atoms with E-state index in [0.717, 1.165) is 17.1 Å². The first kappa shape index (κ1) is 16.2. The van der Waals surface area contributed by atoms with E-state index < -0.39 is 10.0 Å². The quantitative estimate of drug-likeness (QED) is 0.684. The van der Waals surface area contributed by atoms with Crippen molar-refractivity contribution >= 4 is 21.4 Å². The van der Waals surface area contributed by atoms with Gasteiger partial charge in [-0.1, -0.05) is 13.0 Å². The van der Waals surface area contributed by atoms with E-state index in [4.69, 9.17) is 0 Å². The summed E-state index contributed by atoms with van der Waals surface area (Å²) in [5.41, 5.74) is 1.47. The Morgan fingerprint density at radius 2 is 2.24 bits per heavy atom. The van der Waals surface area contributed by atoms with E-state index in [2.05, 4.69) is 20.2 Å². The van der Waals surface area contributed by atoms with E-state index in [-0.39, 0.29) is 5.03 Å². The van der Waals surface area contributed by atoms with E-state index in [9.17, 15) is 8.42 Å². The summed E-state index contributed by atoms with van der Waals surface area (Å²) in [4.78, 5) is 1.16. The van der Waals surface area contributed by atoms with E-state index in [1.165, 1.54) is 0 Å². The van der Waals surface area contributed by atoms with Crippen molar-refractivity contribution in [3.8, 4) is 0 Å². The number of rotatable bonds is 8. The molecule has 0 unspecified atom stereocenters. The molecule has 0 spiro atoms. The summed E-state index contributed by atoms with van der Waals surface area (Å²) in [5.74, 6) is 0. The van der Waals surface area contributed by atoms with Crippen molar-refractivity contribution in [1.82, 2.24) is 20.2 Å². The molecule has 0 aliphatic rings. The Morgan fingerprint density at radius 1 is 1.43 bits per heavy atom. The summed E-state index contributed by atoms with van der Waals surface area (Å²) in [6, 6.07) is 3.95. The summed E-state index contributed by atoms with van der Waals surface area (Å²) >= 11 is 1.62. The monoisotopic (exact) mass is 328 g/mol. The van der Waals surface area contributed by atoms with Crippen LogP contribution in [0.25, 0.3) is 0 Å². The van der Waals surface area contributed by atoms with E-state index in [0.29, 0.717) is 25.1 Å². The third-order valence-corrected chi connectivity index (χ3v) is 5.45. The molecular formula is C13H20N4O2S2. The lowest BCUT2D eigenvalue weighted by Crippen LogP contribution is -2.27.